The van der Waals surface area contributed by atoms with E-state index in [2.05, 4.69) is 10.1 Å². The minimum absolute atomic E-state index is 0.0305. The SMILES string of the molecule is COC(=O)c1ccc(CN2C(=O)N/C(=C\c3cccn3-c3ccc(C(=O)O)cc3)C2=O)o1. The highest BCUT2D eigenvalue weighted by molar-refractivity contribution is 6.13. The molecular formula is C22H17N3O7. The van der Waals surface area contributed by atoms with Crippen LogP contribution >= 0.6 is 0 Å². The van der Waals surface area contributed by atoms with Crippen LogP contribution in [-0.4, -0.2) is 45.6 Å². The van der Waals surface area contributed by atoms with Gasteiger partial charge in [0, 0.05) is 17.6 Å². The Hall–Kier alpha value is -4.60. The number of nitrogens with zero attached hydrogens (tertiary/aromatic N) is 2. The number of furan rings is 1. The van der Waals surface area contributed by atoms with Gasteiger partial charge in [0.05, 0.1) is 19.2 Å². The van der Waals surface area contributed by atoms with Crippen LogP contribution in [-0.2, 0) is 16.1 Å². The van der Waals surface area contributed by atoms with Crippen molar-refractivity contribution in [3.8, 4) is 5.69 Å². The summed E-state index contributed by atoms with van der Waals surface area (Å²) in [5.41, 5.74) is 1.51. The van der Waals surface area contributed by atoms with E-state index in [-0.39, 0.29) is 29.3 Å². The number of carboxylic acids is 1. The number of amides is 3. The Labute approximate surface area is 181 Å². The number of aromatic nitrogens is 1. The quantitative estimate of drug-likeness (QED) is 0.346. The van der Waals surface area contributed by atoms with Gasteiger partial charge in [0.15, 0.2) is 0 Å². The highest BCUT2D eigenvalue weighted by Crippen LogP contribution is 2.21. The molecule has 10 heteroatoms. The van der Waals surface area contributed by atoms with Crippen LogP contribution in [0.5, 0.6) is 0 Å². The van der Waals surface area contributed by atoms with Crippen LogP contribution in [0.2, 0.25) is 0 Å². The smallest absolute Gasteiger partial charge is 0.373 e. The Bertz CT molecular complexity index is 1250. The predicted octanol–water partition coefficient (Wildman–Crippen LogP) is 2.65. The molecule has 3 amide bonds. The van der Waals surface area contributed by atoms with Gasteiger partial charge in [-0.2, -0.15) is 0 Å². The molecule has 3 heterocycles. The van der Waals surface area contributed by atoms with E-state index in [1.165, 1.54) is 37.5 Å². The number of carbonyl (C=O) groups is 4. The predicted molar refractivity (Wildman–Crippen MR) is 110 cm³/mol. The van der Waals surface area contributed by atoms with Gasteiger partial charge in [-0.3, -0.25) is 9.69 Å². The third-order valence-corrected chi connectivity index (χ3v) is 4.79. The number of urea groups is 1. The van der Waals surface area contributed by atoms with Crippen molar-refractivity contribution in [3.05, 3.63) is 83.2 Å². The van der Waals surface area contributed by atoms with Crippen LogP contribution in [0.4, 0.5) is 4.79 Å². The van der Waals surface area contributed by atoms with E-state index < -0.39 is 23.9 Å². The van der Waals surface area contributed by atoms with Crippen molar-refractivity contribution in [2.45, 2.75) is 6.54 Å². The lowest BCUT2D eigenvalue weighted by Crippen LogP contribution is -2.30. The van der Waals surface area contributed by atoms with Gasteiger partial charge < -0.3 is 24.1 Å². The van der Waals surface area contributed by atoms with Crippen molar-refractivity contribution in [1.82, 2.24) is 14.8 Å². The number of benzene rings is 1. The van der Waals surface area contributed by atoms with Crippen molar-refractivity contribution in [2.24, 2.45) is 0 Å². The maximum Gasteiger partial charge on any atom is 0.373 e. The Morgan fingerprint density at radius 2 is 1.88 bits per heavy atom. The molecule has 2 N–H and O–H groups in total. The Balaban J connectivity index is 1.55. The van der Waals surface area contributed by atoms with Crippen molar-refractivity contribution in [1.29, 1.82) is 0 Å². The Morgan fingerprint density at radius 1 is 1.12 bits per heavy atom. The van der Waals surface area contributed by atoms with Crippen molar-refractivity contribution in [2.75, 3.05) is 7.11 Å². The number of hydrogen-bond donors (Lipinski definition) is 2. The summed E-state index contributed by atoms with van der Waals surface area (Å²) < 4.78 is 11.6. The number of carbonyl (C=O) groups excluding carboxylic acids is 3. The standard InChI is InChI=1S/C22H17N3O7/c1-31-21(29)18-9-8-16(32-18)12-25-19(26)17(23-22(25)30)11-15-3-2-10-24(15)14-6-4-13(5-7-14)20(27)28/h2-11H,12H2,1H3,(H,23,30)(H,27,28)/b17-11-. The van der Waals surface area contributed by atoms with Crippen LogP contribution in [0.15, 0.2) is 64.8 Å². The maximum atomic E-state index is 12.8. The normalized spacial score (nSPS) is 14.7. The molecule has 1 aliphatic heterocycles. The van der Waals surface area contributed by atoms with E-state index in [1.807, 2.05) is 0 Å². The lowest BCUT2D eigenvalue weighted by molar-refractivity contribution is -0.123. The first-order valence-electron chi connectivity index (χ1n) is 9.40. The van der Waals surface area contributed by atoms with Gasteiger partial charge in [-0.05, 0) is 54.6 Å². The van der Waals surface area contributed by atoms with Gasteiger partial charge >= 0.3 is 18.0 Å². The molecule has 4 rings (SSSR count). The molecule has 0 atom stereocenters. The van der Waals surface area contributed by atoms with Crippen LogP contribution in [0, 0.1) is 0 Å². The topological polar surface area (TPSA) is 131 Å². The zero-order valence-electron chi connectivity index (χ0n) is 16.8. The van der Waals surface area contributed by atoms with Gasteiger partial charge in [-0.25, -0.2) is 14.4 Å². The minimum Gasteiger partial charge on any atom is -0.478 e. The molecule has 32 heavy (non-hydrogen) atoms. The number of ether oxygens (including phenoxy) is 1. The van der Waals surface area contributed by atoms with E-state index >= 15 is 0 Å². The second kappa shape index (κ2) is 8.26. The molecule has 1 fully saturated rings. The third kappa shape index (κ3) is 3.88. The zero-order valence-corrected chi connectivity index (χ0v) is 16.8. The van der Waals surface area contributed by atoms with Gasteiger partial charge in [-0.1, -0.05) is 0 Å². The molecular weight excluding hydrogens is 418 g/mol. The minimum atomic E-state index is -1.03. The van der Waals surface area contributed by atoms with E-state index in [4.69, 9.17) is 9.52 Å². The number of aromatic carboxylic acids is 1. The second-order valence-corrected chi connectivity index (χ2v) is 6.79. The molecule has 2 aromatic heterocycles. The summed E-state index contributed by atoms with van der Waals surface area (Å²) >= 11 is 0. The average molecular weight is 435 g/mol. The van der Waals surface area contributed by atoms with E-state index in [0.29, 0.717) is 11.4 Å². The maximum absolute atomic E-state index is 12.8. The number of methoxy groups -OCH3 is 1. The first-order chi connectivity index (χ1) is 15.4. The summed E-state index contributed by atoms with van der Waals surface area (Å²) in [6.45, 7) is -0.156. The van der Waals surface area contributed by atoms with Crippen LogP contribution in [0.3, 0.4) is 0 Å². The van der Waals surface area contributed by atoms with Crippen molar-refractivity contribution >= 4 is 30.0 Å². The molecule has 1 aliphatic rings. The fourth-order valence-electron chi connectivity index (χ4n) is 3.20. The molecule has 0 saturated carbocycles. The van der Waals surface area contributed by atoms with Crippen molar-refractivity contribution < 1.29 is 33.4 Å². The first kappa shape index (κ1) is 20.7. The number of hydrogen-bond acceptors (Lipinski definition) is 6. The molecule has 10 nitrogen and oxygen atoms in total. The van der Waals surface area contributed by atoms with Gasteiger partial charge in [0.1, 0.15) is 11.5 Å². The lowest BCUT2D eigenvalue weighted by Gasteiger charge is -2.09. The molecule has 1 saturated heterocycles. The number of carboxylic acid groups (broad SMARTS) is 1. The van der Waals surface area contributed by atoms with Crippen LogP contribution in [0.25, 0.3) is 11.8 Å². The molecule has 0 radical (unpaired) electrons. The molecule has 0 spiro atoms. The second-order valence-electron chi connectivity index (χ2n) is 6.79. The summed E-state index contributed by atoms with van der Waals surface area (Å²) in [4.78, 5) is 48.6. The summed E-state index contributed by atoms with van der Waals surface area (Å²) in [5, 5.41) is 11.6. The number of rotatable bonds is 6. The molecule has 3 aromatic rings. The van der Waals surface area contributed by atoms with Crippen LogP contribution in [0.1, 0.15) is 32.4 Å². The summed E-state index contributed by atoms with van der Waals surface area (Å²) in [6, 6.07) is 12.0. The third-order valence-electron chi connectivity index (χ3n) is 4.79. The fourth-order valence-corrected chi connectivity index (χ4v) is 3.20. The largest absolute Gasteiger partial charge is 0.478 e. The molecule has 1 aromatic carbocycles. The van der Waals surface area contributed by atoms with Gasteiger partial charge in [0.25, 0.3) is 5.91 Å². The highest BCUT2D eigenvalue weighted by Gasteiger charge is 2.34. The zero-order chi connectivity index (χ0) is 22.8. The highest BCUT2D eigenvalue weighted by atomic mass is 16.5. The fraction of sp³-hybridized carbons (Fsp3) is 0.0909. The number of imide groups is 1. The average Bonchev–Trinajstić information content (AvgIpc) is 3.50. The monoisotopic (exact) mass is 435 g/mol. The Kier molecular flexibility index (Phi) is 5.34. The van der Waals surface area contributed by atoms with Gasteiger partial charge in [0.2, 0.25) is 5.76 Å². The summed E-state index contributed by atoms with van der Waals surface area (Å²) in [5.74, 6) is -2.03. The lowest BCUT2D eigenvalue weighted by atomic mass is 10.2. The molecule has 0 bridgehead atoms. The molecule has 0 unspecified atom stereocenters. The number of esters is 1. The van der Waals surface area contributed by atoms with E-state index in [9.17, 15) is 19.2 Å². The molecule has 0 aliphatic carbocycles. The molecule has 162 valence electrons. The summed E-state index contributed by atoms with van der Waals surface area (Å²) in [7, 11) is 1.22. The summed E-state index contributed by atoms with van der Waals surface area (Å²) in [6.07, 6.45) is 3.27. The van der Waals surface area contributed by atoms with Gasteiger partial charge in [-0.15, -0.1) is 0 Å². The first-order valence-corrected chi connectivity index (χ1v) is 9.40. The van der Waals surface area contributed by atoms with Crippen LogP contribution < -0.4 is 5.32 Å². The van der Waals surface area contributed by atoms with E-state index in [0.717, 1.165) is 4.90 Å². The number of nitrogens with one attached hydrogen (secondary N) is 1. The van der Waals surface area contributed by atoms with E-state index in [1.54, 1.807) is 35.0 Å². The van der Waals surface area contributed by atoms with Crippen molar-refractivity contribution in [3.63, 3.8) is 0 Å². The Morgan fingerprint density at radius 3 is 2.56 bits per heavy atom.